The lowest BCUT2D eigenvalue weighted by atomic mass is 9.85. The van der Waals surface area contributed by atoms with E-state index in [4.69, 9.17) is 15.8 Å². The predicted molar refractivity (Wildman–Crippen MR) is 102 cm³/mol. The van der Waals surface area contributed by atoms with Crippen LogP contribution in [0, 0.1) is 5.92 Å². The summed E-state index contributed by atoms with van der Waals surface area (Å²) in [5.74, 6) is 3.38. The van der Waals surface area contributed by atoms with Crippen molar-refractivity contribution in [3.8, 4) is 0 Å². The highest BCUT2D eigenvalue weighted by Gasteiger charge is 2.29. The van der Waals surface area contributed by atoms with Crippen molar-refractivity contribution < 1.29 is 0 Å². The van der Waals surface area contributed by atoms with Gasteiger partial charge >= 0.3 is 0 Å². The standard InChI is InChI=1S/C17H32N4.2ClH/c1-6-12(2)11-15-19-16(21(20-15)17(3,4)5)13-7-9-14(18)10-8-13;;/h12-14H,6-11,18H2,1-5H3;2*1H. The van der Waals surface area contributed by atoms with Gasteiger partial charge in [0.05, 0.1) is 5.54 Å². The van der Waals surface area contributed by atoms with Gasteiger partial charge in [0.1, 0.15) is 5.82 Å². The van der Waals surface area contributed by atoms with Crippen molar-refractivity contribution in [2.75, 3.05) is 0 Å². The minimum absolute atomic E-state index is 0. The second-order valence-electron chi connectivity index (χ2n) is 7.80. The molecule has 0 aliphatic heterocycles. The van der Waals surface area contributed by atoms with E-state index in [0.29, 0.717) is 17.9 Å². The third-order valence-electron chi connectivity index (χ3n) is 4.68. The summed E-state index contributed by atoms with van der Waals surface area (Å²) in [5.41, 5.74) is 6.04. The third kappa shape index (κ3) is 5.91. The fourth-order valence-corrected chi connectivity index (χ4v) is 3.05. The van der Waals surface area contributed by atoms with E-state index >= 15 is 0 Å². The summed E-state index contributed by atoms with van der Waals surface area (Å²) in [4.78, 5) is 4.92. The van der Waals surface area contributed by atoms with Crippen molar-refractivity contribution in [1.29, 1.82) is 0 Å². The van der Waals surface area contributed by atoms with Gasteiger partial charge in [-0.05, 0) is 52.4 Å². The molecule has 1 heterocycles. The lowest BCUT2D eigenvalue weighted by molar-refractivity contribution is 0.306. The largest absolute Gasteiger partial charge is 0.328 e. The SMILES string of the molecule is CCC(C)Cc1nc(C2CCC(N)CC2)n(C(C)(C)C)n1.Cl.Cl. The molecule has 1 fully saturated rings. The minimum atomic E-state index is -0.00437. The molecule has 0 amide bonds. The fraction of sp³-hybridized carbons (Fsp3) is 0.882. The lowest BCUT2D eigenvalue weighted by Crippen LogP contribution is -2.30. The molecule has 1 aromatic heterocycles. The molecule has 0 spiro atoms. The van der Waals surface area contributed by atoms with Crippen LogP contribution in [0.25, 0.3) is 0 Å². The highest BCUT2D eigenvalue weighted by molar-refractivity contribution is 5.85. The second kappa shape index (κ2) is 9.24. The van der Waals surface area contributed by atoms with Crippen LogP contribution in [0.5, 0.6) is 0 Å². The molecular formula is C17H34Cl2N4. The van der Waals surface area contributed by atoms with Crippen molar-refractivity contribution >= 4 is 24.8 Å². The molecule has 0 radical (unpaired) electrons. The first-order chi connectivity index (χ1) is 9.81. The Morgan fingerprint density at radius 3 is 2.22 bits per heavy atom. The van der Waals surface area contributed by atoms with Crippen molar-refractivity contribution in [2.45, 2.75) is 90.6 Å². The number of nitrogens with zero attached hydrogens (tertiary/aromatic N) is 3. The molecule has 6 heteroatoms. The molecule has 2 N–H and O–H groups in total. The van der Waals surface area contributed by atoms with Crippen LogP contribution in [0.1, 0.15) is 84.3 Å². The summed E-state index contributed by atoms with van der Waals surface area (Å²) in [6.07, 6.45) is 6.69. The molecule has 0 aromatic carbocycles. The molecule has 0 saturated heterocycles. The Labute approximate surface area is 153 Å². The van der Waals surface area contributed by atoms with Crippen molar-refractivity contribution in [2.24, 2.45) is 11.7 Å². The lowest BCUT2D eigenvalue weighted by Gasteiger charge is -2.29. The number of aromatic nitrogens is 3. The van der Waals surface area contributed by atoms with Gasteiger partial charge in [-0.1, -0.05) is 20.3 Å². The quantitative estimate of drug-likeness (QED) is 0.858. The molecule has 1 atom stereocenters. The summed E-state index contributed by atoms with van der Waals surface area (Å²) < 4.78 is 2.17. The maximum Gasteiger partial charge on any atom is 0.151 e. The Balaban J connectivity index is 0.00000242. The third-order valence-corrected chi connectivity index (χ3v) is 4.68. The molecule has 1 saturated carbocycles. The topological polar surface area (TPSA) is 56.7 Å². The van der Waals surface area contributed by atoms with E-state index in [-0.39, 0.29) is 30.4 Å². The monoisotopic (exact) mass is 364 g/mol. The average molecular weight is 365 g/mol. The van der Waals surface area contributed by atoms with Crippen LogP contribution < -0.4 is 5.73 Å². The molecular weight excluding hydrogens is 331 g/mol. The molecule has 23 heavy (non-hydrogen) atoms. The maximum absolute atomic E-state index is 6.05. The smallest absolute Gasteiger partial charge is 0.151 e. The first kappa shape index (κ1) is 22.7. The van der Waals surface area contributed by atoms with Crippen LogP contribution in [0.4, 0.5) is 0 Å². The van der Waals surface area contributed by atoms with Gasteiger partial charge in [-0.2, -0.15) is 5.10 Å². The Kier molecular flexibility index (Phi) is 9.11. The number of halogens is 2. The van der Waals surface area contributed by atoms with E-state index in [1.165, 1.54) is 12.2 Å². The molecule has 2 rings (SSSR count). The zero-order chi connectivity index (χ0) is 15.6. The first-order valence-electron chi connectivity index (χ1n) is 8.53. The van der Waals surface area contributed by atoms with Crippen molar-refractivity contribution in [3.05, 3.63) is 11.6 Å². The number of nitrogens with two attached hydrogens (primary N) is 1. The van der Waals surface area contributed by atoms with E-state index in [9.17, 15) is 0 Å². The summed E-state index contributed by atoms with van der Waals surface area (Å²) >= 11 is 0. The maximum atomic E-state index is 6.05. The summed E-state index contributed by atoms with van der Waals surface area (Å²) in [5, 5.41) is 4.84. The Bertz CT molecular complexity index is 460. The normalized spacial score (nSPS) is 22.9. The predicted octanol–water partition coefficient (Wildman–Crippen LogP) is 4.45. The second-order valence-corrected chi connectivity index (χ2v) is 7.80. The molecule has 4 nitrogen and oxygen atoms in total. The van der Waals surface area contributed by atoms with E-state index in [1.54, 1.807) is 0 Å². The van der Waals surface area contributed by atoms with E-state index < -0.39 is 0 Å². The fourth-order valence-electron chi connectivity index (χ4n) is 3.05. The number of rotatable bonds is 4. The summed E-state index contributed by atoms with van der Waals surface area (Å²) in [6.45, 7) is 11.2. The van der Waals surface area contributed by atoms with Crippen LogP contribution in [-0.2, 0) is 12.0 Å². The van der Waals surface area contributed by atoms with Gasteiger partial charge in [-0.15, -0.1) is 24.8 Å². The van der Waals surface area contributed by atoms with Crippen LogP contribution in [0.15, 0.2) is 0 Å². The molecule has 1 aliphatic rings. The average Bonchev–Trinajstić information content (AvgIpc) is 2.83. The van der Waals surface area contributed by atoms with Crippen molar-refractivity contribution in [1.82, 2.24) is 14.8 Å². The minimum Gasteiger partial charge on any atom is -0.328 e. The first-order valence-corrected chi connectivity index (χ1v) is 8.53. The zero-order valence-electron chi connectivity index (χ0n) is 15.2. The van der Waals surface area contributed by atoms with Gasteiger partial charge in [0, 0.05) is 18.4 Å². The Hall–Kier alpha value is -0.320. The zero-order valence-corrected chi connectivity index (χ0v) is 16.8. The van der Waals surface area contributed by atoms with Crippen LogP contribution in [-0.4, -0.2) is 20.8 Å². The Morgan fingerprint density at radius 1 is 1.17 bits per heavy atom. The highest BCUT2D eigenvalue weighted by atomic mass is 35.5. The molecule has 136 valence electrons. The van der Waals surface area contributed by atoms with Gasteiger partial charge in [0.25, 0.3) is 0 Å². The highest BCUT2D eigenvalue weighted by Crippen LogP contribution is 2.33. The van der Waals surface area contributed by atoms with E-state index in [1.807, 2.05) is 0 Å². The number of hydrogen-bond donors (Lipinski definition) is 1. The van der Waals surface area contributed by atoms with Gasteiger partial charge in [0.15, 0.2) is 5.82 Å². The number of hydrogen-bond acceptors (Lipinski definition) is 3. The van der Waals surface area contributed by atoms with E-state index in [2.05, 4.69) is 39.3 Å². The van der Waals surface area contributed by atoms with Crippen LogP contribution >= 0.6 is 24.8 Å². The summed E-state index contributed by atoms with van der Waals surface area (Å²) in [6, 6.07) is 0.381. The van der Waals surface area contributed by atoms with Crippen LogP contribution in [0.2, 0.25) is 0 Å². The molecule has 1 unspecified atom stereocenters. The van der Waals surface area contributed by atoms with Crippen LogP contribution in [0.3, 0.4) is 0 Å². The van der Waals surface area contributed by atoms with Gasteiger partial charge in [-0.3, -0.25) is 0 Å². The Morgan fingerprint density at radius 2 is 1.74 bits per heavy atom. The van der Waals surface area contributed by atoms with Gasteiger partial charge < -0.3 is 5.73 Å². The molecule has 0 bridgehead atoms. The summed E-state index contributed by atoms with van der Waals surface area (Å²) in [7, 11) is 0. The van der Waals surface area contributed by atoms with Gasteiger partial charge in [0.2, 0.25) is 0 Å². The van der Waals surface area contributed by atoms with Gasteiger partial charge in [-0.25, -0.2) is 9.67 Å². The van der Waals surface area contributed by atoms with E-state index in [0.717, 1.165) is 37.9 Å². The van der Waals surface area contributed by atoms with Crippen molar-refractivity contribution in [3.63, 3.8) is 0 Å². The molecule has 1 aromatic rings. The molecule has 1 aliphatic carbocycles.